The van der Waals surface area contributed by atoms with Crippen LogP contribution in [0.2, 0.25) is 0 Å². The Labute approximate surface area is 152 Å². The van der Waals surface area contributed by atoms with E-state index in [2.05, 4.69) is 32.9 Å². The van der Waals surface area contributed by atoms with Crippen LogP contribution in [-0.2, 0) is 5.41 Å². The summed E-state index contributed by atoms with van der Waals surface area (Å²) in [4.78, 5) is 11.7. The Morgan fingerprint density at radius 3 is 2.44 bits per heavy atom. The van der Waals surface area contributed by atoms with Gasteiger partial charge in [-0.3, -0.25) is 4.79 Å². The highest BCUT2D eigenvalue weighted by atomic mass is 16.5. The Bertz CT molecular complexity index is 659. The number of ether oxygens (including phenoxy) is 1. The molecule has 0 radical (unpaired) electrons. The van der Waals surface area contributed by atoms with Gasteiger partial charge in [0.05, 0.1) is 12.2 Å². The standard InChI is InChI=1S/C23H32O2/c1-4-5-9-25-20-18(13-24)7-6-8-19(20)23-12-17-10-21(2,15-23)14-22(3,11-17)16-23/h6-8,13,17H,4-5,9-12,14-16H2,1-3H3. The summed E-state index contributed by atoms with van der Waals surface area (Å²) in [5, 5.41) is 0. The first-order valence-corrected chi connectivity index (χ1v) is 10.1. The lowest BCUT2D eigenvalue weighted by Crippen LogP contribution is -2.56. The lowest BCUT2D eigenvalue weighted by atomic mass is 9.39. The molecule has 0 heterocycles. The first-order chi connectivity index (χ1) is 11.9. The molecule has 5 rings (SSSR count). The van der Waals surface area contributed by atoms with Gasteiger partial charge in [0.15, 0.2) is 6.29 Å². The molecule has 136 valence electrons. The van der Waals surface area contributed by atoms with Crippen LogP contribution >= 0.6 is 0 Å². The first kappa shape index (κ1) is 17.1. The molecule has 0 aliphatic heterocycles. The largest absolute Gasteiger partial charge is 0.493 e. The van der Waals surface area contributed by atoms with E-state index < -0.39 is 0 Å². The number of carbonyl (C=O) groups is 1. The van der Waals surface area contributed by atoms with Gasteiger partial charge in [-0.1, -0.05) is 39.3 Å². The molecule has 2 heteroatoms. The third kappa shape index (κ3) is 2.82. The lowest BCUT2D eigenvalue weighted by molar-refractivity contribution is -0.110. The van der Waals surface area contributed by atoms with Gasteiger partial charge in [0, 0.05) is 11.0 Å². The summed E-state index contributed by atoms with van der Waals surface area (Å²) in [6.07, 6.45) is 11.1. The minimum Gasteiger partial charge on any atom is -0.493 e. The van der Waals surface area contributed by atoms with E-state index >= 15 is 0 Å². The number of rotatable bonds is 6. The molecule has 2 nitrogen and oxygen atoms in total. The summed E-state index contributed by atoms with van der Waals surface area (Å²) in [7, 11) is 0. The van der Waals surface area contributed by atoms with Gasteiger partial charge in [-0.25, -0.2) is 0 Å². The van der Waals surface area contributed by atoms with Crippen molar-refractivity contribution in [1.29, 1.82) is 0 Å². The van der Waals surface area contributed by atoms with Crippen molar-refractivity contribution in [1.82, 2.24) is 0 Å². The van der Waals surface area contributed by atoms with Crippen LogP contribution in [0.3, 0.4) is 0 Å². The Hall–Kier alpha value is -1.31. The van der Waals surface area contributed by atoms with E-state index in [4.69, 9.17) is 4.74 Å². The molecule has 4 aliphatic carbocycles. The van der Waals surface area contributed by atoms with E-state index in [0.717, 1.165) is 36.4 Å². The summed E-state index contributed by atoms with van der Waals surface area (Å²) in [6, 6.07) is 6.24. The van der Waals surface area contributed by atoms with Crippen molar-refractivity contribution in [2.45, 2.75) is 77.6 Å². The molecule has 1 aromatic rings. The van der Waals surface area contributed by atoms with Gasteiger partial charge in [0.2, 0.25) is 0 Å². The van der Waals surface area contributed by atoms with Crippen LogP contribution in [0.5, 0.6) is 5.75 Å². The predicted molar refractivity (Wildman–Crippen MR) is 101 cm³/mol. The molecule has 4 aliphatic rings. The highest BCUT2D eigenvalue weighted by Gasteiger charge is 2.61. The molecular weight excluding hydrogens is 308 g/mol. The zero-order chi connectivity index (χ0) is 17.7. The second-order valence-electron chi connectivity index (χ2n) is 9.95. The Morgan fingerprint density at radius 1 is 1.12 bits per heavy atom. The molecule has 4 fully saturated rings. The molecule has 0 saturated heterocycles. The average Bonchev–Trinajstić information content (AvgIpc) is 2.51. The van der Waals surface area contributed by atoms with Crippen molar-refractivity contribution < 1.29 is 9.53 Å². The highest BCUT2D eigenvalue weighted by molar-refractivity contribution is 5.80. The first-order valence-electron chi connectivity index (χ1n) is 10.1. The minimum absolute atomic E-state index is 0.212. The fourth-order valence-electron chi connectivity index (χ4n) is 7.29. The van der Waals surface area contributed by atoms with Crippen LogP contribution in [0.15, 0.2) is 18.2 Å². The van der Waals surface area contributed by atoms with Crippen LogP contribution in [-0.4, -0.2) is 12.9 Å². The van der Waals surface area contributed by atoms with Crippen molar-refractivity contribution >= 4 is 6.29 Å². The third-order valence-electron chi connectivity index (χ3n) is 7.11. The van der Waals surface area contributed by atoms with Gasteiger partial charge in [0.25, 0.3) is 0 Å². The van der Waals surface area contributed by atoms with Gasteiger partial charge in [-0.2, -0.15) is 0 Å². The van der Waals surface area contributed by atoms with Crippen LogP contribution in [0.1, 0.15) is 88.1 Å². The van der Waals surface area contributed by atoms with E-state index in [1.54, 1.807) is 0 Å². The molecule has 0 N–H and O–H groups in total. The normalized spacial score (nSPS) is 38.8. The molecule has 4 saturated carbocycles. The molecule has 2 unspecified atom stereocenters. The number of unbranched alkanes of at least 4 members (excludes halogenated alkanes) is 1. The maximum Gasteiger partial charge on any atom is 0.153 e. The molecule has 0 amide bonds. The molecule has 1 aromatic carbocycles. The molecule has 2 atom stereocenters. The number of hydrogen-bond donors (Lipinski definition) is 0. The van der Waals surface area contributed by atoms with Gasteiger partial charge < -0.3 is 4.74 Å². The van der Waals surface area contributed by atoms with E-state index in [1.165, 1.54) is 44.1 Å². The minimum atomic E-state index is 0.212. The van der Waals surface area contributed by atoms with E-state index in [9.17, 15) is 4.79 Å². The van der Waals surface area contributed by atoms with Crippen molar-refractivity contribution in [3.05, 3.63) is 29.3 Å². The quantitative estimate of drug-likeness (QED) is 0.474. The number of benzene rings is 1. The zero-order valence-corrected chi connectivity index (χ0v) is 16.1. The maximum absolute atomic E-state index is 11.7. The van der Waals surface area contributed by atoms with Crippen LogP contribution in [0, 0.1) is 16.7 Å². The van der Waals surface area contributed by atoms with E-state index in [0.29, 0.717) is 17.4 Å². The maximum atomic E-state index is 11.7. The van der Waals surface area contributed by atoms with Crippen LogP contribution in [0.25, 0.3) is 0 Å². The Balaban J connectivity index is 1.77. The molecular formula is C23H32O2. The van der Waals surface area contributed by atoms with Gasteiger partial charge in [-0.15, -0.1) is 0 Å². The van der Waals surface area contributed by atoms with E-state index in [1.807, 2.05) is 6.07 Å². The van der Waals surface area contributed by atoms with Crippen molar-refractivity contribution in [3.8, 4) is 5.75 Å². The Kier molecular flexibility index (Phi) is 4.01. The molecule has 0 aromatic heterocycles. The van der Waals surface area contributed by atoms with Crippen LogP contribution in [0.4, 0.5) is 0 Å². The summed E-state index contributed by atoms with van der Waals surface area (Å²) < 4.78 is 6.22. The monoisotopic (exact) mass is 340 g/mol. The fraction of sp³-hybridized carbons (Fsp3) is 0.696. The smallest absolute Gasteiger partial charge is 0.153 e. The molecule has 25 heavy (non-hydrogen) atoms. The Morgan fingerprint density at radius 2 is 1.84 bits per heavy atom. The summed E-state index contributed by atoms with van der Waals surface area (Å²) in [5.74, 6) is 1.73. The van der Waals surface area contributed by atoms with E-state index in [-0.39, 0.29) is 5.41 Å². The lowest BCUT2D eigenvalue weighted by Gasteiger charge is -2.65. The number of para-hydroxylation sites is 1. The predicted octanol–water partition coefficient (Wildman–Crippen LogP) is 5.93. The fourth-order valence-corrected chi connectivity index (χ4v) is 7.29. The summed E-state index contributed by atoms with van der Waals surface area (Å²) in [6.45, 7) is 7.90. The second kappa shape index (κ2) is 5.86. The molecule has 4 bridgehead atoms. The summed E-state index contributed by atoms with van der Waals surface area (Å²) >= 11 is 0. The highest BCUT2D eigenvalue weighted by Crippen LogP contribution is 2.70. The number of carbonyl (C=O) groups excluding carboxylic acids is 1. The molecule has 0 spiro atoms. The van der Waals surface area contributed by atoms with Gasteiger partial charge in [0.1, 0.15) is 5.75 Å². The third-order valence-corrected chi connectivity index (χ3v) is 7.11. The van der Waals surface area contributed by atoms with Crippen molar-refractivity contribution in [2.24, 2.45) is 16.7 Å². The van der Waals surface area contributed by atoms with Crippen molar-refractivity contribution in [2.75, 3.05) is 6.61 Å². The average molecular weight is 341 g/mol. The second-order valence-corrected chi connectivity index (χ2v) is 9.95. The number of aldehydes is 1. The summed E-state index contributed by atoms with van der Waals surface area (Å²) in [5.41, 5.74) is 3.20. The SMILES string of the molecule is CCCCOc1c(C=O)cccc1C12CC3CC(C)(CC(C)(C3)C1)C2. The van der Waals surface area contributed by atoms with Crippen molar-refractivity contribution in [3.63, 3.8) is 0 Å². The van der Waals surface area contributed by atoms with Crippen LogP contribution < -0.4 is 4.74 Å². The number of hydrogen-bond acceptors (Lipinski definition) is 2. The van der Waals surface area contributed by atoms with Gasteiger partial charge >= 0.3 is 0 Å². The topological polar surface area (TPSA) is 26.3 Å². The zero-order valence-electron chi connectivity index (χ0n) is 16.1. The van der Waals surface area contributed by atoms with Gasteiger partial charge in [-0.05, 0) is 67.8 Å².